The second kappa shape index (κ2) is 21.8. The van der Waals surface area contributed by atoms with Gasteiger partial charge in [-0.3, -0.25) is 0 Å². The highest BCUT2D eigenvalue weighted by molar-refractivity contribution is 6.03. The largest absolute Gasteiger partial charge is 0.459 e. The number of hydrogen-bond donors (Lipinski definition) is 4. The number of carbonyl (C=O) groups is 2. The Morgan fingerprint density at radius 1 is 0.597 bits per heavy atom. The molecule has 0 spiro atoms. The monoisotopic (exact) mass is 999 g/mol. The first-order valence-corrected chi connectivity index (χ1v) is 29.0. The molecule has 4 N–H and O–H groups in total. The van der Waals surface area contributed by atoms with E-state index in [1.165, 1.54) is 0 Å². The number of carbonyl (C=O) groups excluding carboxylic acids is 2. The number of ether oxygens (including phenoxy) is 4. The molecule has 9 rings (SSSR count). The van der Waals surface area contributed by atoms with E-state index in [2.05, 4.69) is 54.7 Å². The van der Waals surface area contributed by atoms with Crippen LogP contribution in [0.25, 0.3) is 0 Å². The van der Waals surface area contributed by atoms with E-state index in [0.29, 0.717) is 88.3 Å². The maximum absolute atomic E-state index is 14.2. The Bertz CT molecular complexity index is 1930. The minimum atomic E-state index is -0.519. The third kappa shape index (κ3) is 9.55. The van der Waals surface area contributed by atoms with Crippen molar-refractivity contribution in [2.45, 2.75) is 194 Å². The number of aliphatic hydroxyl groups excluding tert-OH is 4. The zero-order valence-electron chi connectivity index (χ0n) is 45.1. The summed E-state index contributed by atoms with van der Waals surface area (Å²) in [6, 6.07) is 6.86. The predicted octanol–water partition coefficient (Wildman–Crippen LogP) is 11.2. The lowest BCUT2D eigenvalue weighted by Crippen LogP contribution is -2.62. The average molecular weight is 999 g/mol. The summed E-state index contributed by atoms with van der Waals surface area (Å²) in [6.45, 7) is 24.2. The van der Waals surface area contributed by atoms with Crippen LogP contribution in [0.1, 0.15) is 178 Å². The van der Waals surface area contributed by atoms with Crippen LogP contribution in [-0.2, 0) is 18.9 Å². The fourth-order valence-corrected chi connectivity index (χ4v) is 19.5. The second-order valence-corrected chi connectivity index (χ2v) is 26.3. The van der Waals surface area contributed by atoms with E-state index in [4.69, 9.17) is 18.9 Å². The van der Waals surface area contributed by atoms with Crippen LogP contribution in [0.4, 0.5) is 0 Å². The van der Waals surface area contributed by atoms with Gasteiger partial charge in [-0.15, -0.1) is 13.2 Å². The Morgan fingerprint density at radius 2 is 1.00 bits per heavy atom. The standard InChI is InChI=1S/C62H94O10/c1-9-27-69-29-13-15-37(3)45-19-21-47-55-49(35-53(65)61(45,47)7)59(5)25-23-41(31-39(59)33-51(55)63)71-57(67)43-17-11-12-18-44(43)58(68)72-42-24-26-60(6)40(32-42)34-52(64)56-48-22-20-46(38(4)16-14-30-70-28-10-2)62(48,8)54(66)36-50(56)60/h9-12,17-18,37-42,45-56,63-66H,1-2,13-16,19-36H2,3-8H3/t37-,38-,39+,40+,41-,42-,45-,46-,47+,48+,49+,50+,51-,52-,53+,54+,55+,56+,59+,60+,61-,62-/m1/s1. The van der Waals surface area contributed by atoms with Crippen molar-refractivity contribution in [3.63, 3.8) is 0 Å². The molecule has 8 fully saturated rings. The van der Waals surface area contributed by atoms with E-state index in [0.717, 1.165) is 77.4 Å². The maximum Gasteiger partial charge on any atom is 0.339 e. The van der Waals surface area contributed by atoms with Gasteiger partial charge in [0, 0.05) is 13.2 Å². The van der Waals surface area contributed by atoms with Crippen LogP contribution in [0.3, 0.4) is 0 Å². The minimum Gasteiger partial charge on any atom is -0.459 e. The first kappa shape index (κ1) is 54.2. The molecule has 72 heavy (non-hydrogen) atoms. The van der Waals surface area contributed by atoms with Crippen LogP contribution >= 0.6 is 0 Å². The molecule has 0 aromatic heterocycles. The second-order valence-electron chi connectivity index (χ2n) is 26.3. The Hall–Kier alpha value is -2.60. The van der Waals surface area contributed by atoms with Crippen LogP contribution < -0.4 is 0 Å². The number of fused-ring (bicyclic) bond motifs is 10. The lowest BCUT2D eigenvalue weighted by molar-refractivity contribution is -0.207. The Morgan fingerprint density at radius 3 is 1.39 bits per heavy atom. The van der Waals surface area contributed by atoms with Gasteiger partial charge in [0.15, 0.2) is 0 Å². The van der Waals surface area contributed by atoms with Gasteiger partial charge in [0.2, 0.25) is 0 Å². The Balaban J connectivity index is 0.799. The number of rotatable bonds is 18. The summed E-state index contributed by atoms with van der Waals surface area (Å²) in [5.41, 5.74) is -0.181. The zero-order valence-corrected chi connectivity index (χ0v) is 45.1. The van der Waals surface area contributed by atoms with E-state index in [1.54, 1.807) is 36.4 Å². The van der Waals surface area contributed by atoms with E-state index in [-0.39, 0.29) is 92.3 Å². The van der Waals surface area contributed by atoms with Crippen LogP contribution in [0.15, 0.2) is 49.6 Å². The first-order chi connectivity index (χ1) is 34.4. The van der Waals surface area contributed by atoms with E-state index in [9.17, 15) is 30.0 Å². The molecule has 0 amide bonds. The van der Waals surface area contributed by atoms with Gasteiger partial charge in [0.1, 0.15) is 12.2 Å². The van der Waals surface area contributed by atoms with Crippen LogP contribution in [-0.4, -0.2) is 95.4 Å². The molecule has 1 aromatic carbocycles. The molecular weight excluding hydrogens is 905 g/mol. The van der Waals surface area contributed by atoms with Gasteiger partial charge >= 0.3 is 11.9 Å². The maximum atomic E-state index is 14.2. The Labute approximate surface area is 432 Å². The van der Waals surface area contributed by atoms with E-state index in [1.807, 2.05) is 0 Å². The molecular formula is C62H94O10. The fourth-order valence-electron chi connectivity index (χ4n) is 19.5. The predicted molar refractivity (Wildman–Crippen MR) is 280 cm³/mol. The lowest BCUT2D eigenvalue weighted by atomic mass is 9.43. The molecule has 8 aliphatic rings. The molecule has 0 unspecified atom stereocenters. The summed E-state index contributed by atoms with van der Waals surface area (Å²) in [5, 5.41) is 48.5. The molecule has 1 aromatic rings. The van der Waals surface area contributed by atoms with E-state index >= 15 is 0 Å². The summed E-state index contributed by atoms with van der Waals surface area (Å²) in [6.07, 6.45) is 16.7. The minimum absolute atomic E-state index is 0.0780. The summed E-state index contributed by atoms with van der Waals surface area (Å²) in [4.78, 5) is 28.3. The molecule has 8 saturated carbocycles. The third-order valence-electron chi connectivity index (χ3n) is 23.3. The van der Waals surface area contributed by atoms with Crippen LogP contribution in [0.5, 0.6) is 0 Å². The van der Waals surface area contributed by atoms with Crippen molar-refractivity contribution in [1.82, 2.24) is 0 Å². The van der Waals surface area contributed by atoms with Gasteiger partial charge in [0.25, 0.3) is 0 Å². The first-order valence-electron chi connectivity index (χ1n) is 29.0. The molecule has 10 nitrogen and oxygen atoms in total. The topological polar surface area (TPSA) is 152 Å². The molecule has 10 heteroatoms. The van der Waals surface area contributed by atoms with Crippen molar-refractivity contribution in [2.75, 3.05) is 26.4 Å². The van der Waals surface area contributed by atoms with Crippen molar-refractivity contribution < 1.29 is 49.0 Å². The van der Waals surface area contributed by atoms with Crippen molar-refractivity contribution in [3.05, 3.63) is 60.7 Å². The number of aliphatic hydroxyl groups is 4. The van der Waals surface area contributed by atoms with Gasteiger partial charge in [-0.25, -0.2) is 9.59 Å². The normalized spacial score (nSPS) is 44.9. The smallest absolute Gasteiger partial charge is 0.339 e. The molecule has 0 bridgehead atoms. The van der Waals surface area contributed by atoms with Crippen molar-refractivity contribution in [1.29, 1.82) is 0 Å². The molecule has 22 atom stereocenters. The van der Waals surface area contributed by atoms with Crippen molar-refractivity contribution >= 4 is 11.9 Å². The van der Waals surface area contributed by atoms with Crippen molar-refractivity contribution in [3.8, 4) is 0 Å². The summed E-state index contributed by atoms with van der Waals surface area (Å²) < 4.78 is 24.0. The molecule has 0 heterocycles. The highest BCUT2D eigenvalue weighted by Crippen LogP contribution is 2.70. The number of benzene rings is 1. The highest BCUT2D eigenvalue weighted by Gasteiger charge is 2.68. The van der Waals surface area contributed by atoms with Gasteiger partial charge in [0.05, 0.1) is 48.8 Å². The van der Waals surface area contributed by atoms with E-state index < -0.39 is 36.4 Å². The van der Waals surface area contributed by atoms with Crippen molar-refractivity contribution in [2.24, 2.45) is 92.7 Å². The zero-order chi connectivity index (χ0) is 51.3. The molecule has 0 aliphatic heterocycles. The quantitative estimate of drug-likeness (QED) is 0.0635. The molecule has 0 saturated heterocycles. The molecule has 0 radical (unpaired) electrons. The number of hydrogen-bond acceptors (Lipinski definition) is 10. The summed E-state index contributed by atoms with van der Waals surface area (Å²) in [5.74, 6) is 2.26. The fraction of sp³-hybridized carbons (Fsp3) is 0.806. The lowest BCUT2D eigenvalue weighted by Gasteiger charge is -2.63. The SMILES string of the molecule is C=CCOCCC[C@@H](C)[C@H]1CC[C@H]2[C@@H]3[C@H](O)C[C@@H]4C[C@H](OC(=O)c5ccccc5C(=O)O[C@@H]5CC[C@@]6(C)[C@@H](C5)C[C@@H](O)[C@@H]5[C@@H]6C[C@H](O)[C@]6(C)[C@@H]([C@H](C)CCCOCC=C)CC[C@@H]56)CC[C@]4(C)[C@H]3C[C@H](O)[C@]12C. The third-order valence-corrected chi connectivity index (χ3v) is 23.3. The van der Waals surface area contributed by atoms with Crippen LogP contribution in [0.2, 0.25) is 0 Å². The van der Waals surface area contributed by atoms with Crippen LogP contribution in [0, 0.1) is 92.7 Å². The van der Waals surface area contributed by atoms with Gasteiger partial charge in [-0.2, -0.15) is 0 Å². The average Bonchev–Trinajstić information content (AvgIpc) is 3.91. The number of esters is 2. The summed E-state index contributed by atoms with van der Waals surface area (Å²) in [7, 11) is 0. The van der Waals surface area contributed by atoms with Gasteiger partial charge in [-0.1, -0.05) is 65.8 Å². The Kier molecular flexibility index (Phi) is 16.4. The van der Waals surface area contributed by atoms with Gasteiger partial charge < -0.3 is 39.4 Å². The molecule has 8 aliphatic carbocycles. The molecule has 402 valence electrons. The highest BCUT2D eigenvalue weighted by atomic mass is 16.6. The van der Waals surface area contributed by atoms with Gasteiger partial charge in [-0.05, 0) is 220 Å². The summed E-state index contributed by atoms with van der Waals surface area (Å²) >= 11 is 0.